The lowest BCUT2D eigenvalue weighted by Crippen LogP contribution is -2.48. The van der Waals surface area contributed by atoms with Crippen molar-refractivity contribution in [2.75, 3.05) is 44.8 Å². The summed E-state index contributed by atoms with van der Waals surface area (Å²) in [6.45, 7) is 5.49. The third-order valence-corrected chi connectivity index (χ3v) is 5.31. The lowest BCUT2D eigenvalue weighted by atomic mass is 10.2. The average Bonchev–Trinajstić information content (AvgIpc) is 3.27. The average molecular weight is 359 g/mol. The summed E-state index contributed by atoms with van der Waals surface area (Å²) in [5.74, 6) is 1.41. The van der Waals surface area contributed by atoms with Gasteiger partial charge >= 0.3 is 0 Å². The fourth-order valence-corrected chi connectivity index (χ4v) is 3.85. The zero-order valence-corrected chi connectivity index (χ0v) is 14.8. The smallest absolute Gasteiger partial charge is 0.238 e. The zero-order chi connectivity index (χ0) is 17.1. The Morgan fingerprint density at radius 3 is 2.68 bits per heavy atom. The van der Waals surface area contributed by atoms with E-state index in [1.165, 1.54) is 4.88 Å². The van der Waals surface area contributed by atoms with Crippen LogP contribution in [0.5, 0.6) is 11.5 Å². The molecule has 3 heterocycles. The summed E-state index contributed by atoms with van der Waals surface area (Å²) in [5.41, 5.74) is 0.741. The molecule has 0 aliphatic carbocycles. The molecule has 2 aliphatic rings. The second-order valence-electron chi connectivity index (χ2n) is 6.25. The molecule has 6 nitrogen and oxygen atoms in total. The van der Waals surface area contributed by atoms with E-state index < -0.39 is 0 Å². The Hall–Kier alpha value is -2.09. The maximum absolute atomic E-state index is 12.3. The summed E-state index contributed by atoms with van der Waals surface area (Å²) in [7, 11) is 0. The van der Waals surface area contributed by atoms with Crippen molar-refractivity contribution in [2.45, 2.75) is 6.54 Å². The molecule has 4 rings (SSSR count). The highest BCUT2D eigenvalue weighted by atomic mass is 32.1. The van der Waals surface area contributed by atoms with E-state index in [-0.39, 0.29) is 12.7 Å². The summed E-state index contributed by atoms with van der Waals surface area (Å²) in [5, 5.41) is 5.06. The molecule has 0 radical (unpaired) electrons. The summed E-state index contributed by atoms with van der Waals surface area (Å²) in [4.78, 5) is 18.3. The van der Waals surface area contributed by atoms with Crippen molar-refractivity contribution in [3.05, 3.63) is 40.6 Å². The number of fused-ring (bicyclic) bond motifs is 1. The molecule has 1 N–H and O–H groups in total. The van der Waals surface area contributed by atoms with Gasteiger partial charge in [-0.1, -0.05) is 6.07 Å². The van der Waals surface area contributed by atoms with Crippen molar-refractivity contribution in [2.24, 2.45) is 0 Å². The van der Waals surface area contributed by atoms with Crippen LogP contribution in [-0.4, -0.2) is 55.2 Å². The van der Waals surface area contributed by atoms with E-state index in [1.54, 1.807) is 17.4 Å². The molecule has 1 saturated heterocycles. The highest BCUT2D eigenvalue weighted by Crippen LogP contribution is 2.34. The standard InChI is InChI=1S/C18H21N3O3S/c22-18(19-14-3-4-16-17(10-14)24-13-23-16)12-21-7-5-20(6-8-21)11-15-2-1-9-25-15/h1-4,9-10H,5-8,11-13H2,(H,19,22). The molecule has 132 valence electrons. The number of ether oxygens (including phenoxy) is 2. The molecule has 0 bridgehead atoms. The summed E-state index contributed by atoms with van der Waals surface area (Å²) in [6.07, 6.45) is 0. The Balaban J connectivity index is 1.23. The Morgan fingerprint density at radius 1 is 1.08 bits per heavy atom. The summed E-state index contributed by atoms with van der Waals surface area (Å²) in [6, 6.07) is 9.73. The largest absolute Gasteiger partial charge is 0.454 e. The van der Waals surface area contributed by atoms with Crippen LogP contribution >= 0.6 is 11.3 Å². The van der Waals surface area contributed by atoms with Crippen LogP contribution in [0.15, 0.2) is 35.7 Å². The zero-order valence-electron chi connectivity index (χ0n) is 13.9. The molecule has 1 aromatic carbocycles. The minimum absolute atomic E-state index is 0.00516. The highest BCUT2D eigenvalue weighted by Gasteiger charge is 2.20. The van der Waals surface area contributed by atoms with Crippen LogP contribution in [0.25, 0.3) is 0 Å². The number of carbonyl (C=O) groups excluding carboxylic acids is 1. The Kier molecular flexibility index (Phi) is 4.87. The third kappa shape index (κ3) is 4.12. The van der Waals surface area contributed by atoms with E-state index in [0.29, 0.717) is 12.3 Å². The second kappa shape index (κ2) is 7.43. The van der Waals surface area contributed by atoms with Crippen molar-refractivity contribution in [3.63, 3.8) is 0 Å². The topological polar surface area (TPSA) is 54.0 Å². The van der Waals surface area contributed by atoms with Gasteiger partial charge in [-0.15, -0.1) is 11.3 Å². The van der Waals surface area contributed by atoms with Crippen LogP contribution < -0.4 is 14.8 Å². The molecule has 2 aliphatic heterocycles. The van der Waals surface area contributed by atoms with Gasteiger partial charge in [0.15, 0.2) is 11.5 Å². The number of nitrogens with zero attached hydrogens (tertiary/aromatic N) is 2. The molecule has 1 amide bonds. The van der Waals surface area contributed by atoms with Crippen LogP contribution in [0.4, 0.5) is 5.69 Å². The molecule has 1 aromatic heterocycles. The van der Waals surface area contributed by atoms with Crippen LogP contribution in [0, 0.1) is 0 Å². The van der Waals surface area contributed by atoms with Gasteiger partial charge in [0, 0.05) is 49.4 Å². The monoisotopic (exact) mass is 359 g/mol. The third-order valence-electron chi connectivity index (χ3n) is 4.45. The van der Waals surface area contributed by atoms with Gasteiger partial charge in [0.05, 0.1) is 6.54 Å². The number of benzene rings is 1. The van der Waals surface area contributed by atoms with Crippen molar-refractivity contribution in [3.8, 4) is 11.5 Å². The van der Waals surface area contributed by atoms with Gasteiger partial charge in [0.25, 0.3) is 0 Å². The van der Waals surface area contributed by atoms with Gasteiger partial charge in [-0.3, -0.25) is 14.6 Å². The van der Waals surface area contributed by atoms with E-state index in [2.05, 4.69) is 32.6 Å². The maximum Gasteiger partial charge on any atom is 0.238 e. The number of nitrogens with one attached hydrogen (secondary N) is 1. The van der Waals surface area contributed by atoms with E-state index in [0.717, 1.165) is 44.2 Å². The molecular formula is C18H21N3O3S. The van der Waals surface area contributed by atoms with E-state index in [9.17, 15) is 4.79 Å². The minimum Gasteiger partial charge on any atom is -0.454 e. The van der Waals surface area contributed by atoms with Gasteiger partial charge in [-0.2, -0.15) is 0 Å². The number of rotatable bonds is 5. The predicted octanol–water partition coefficient (Wildman–Crippen LogP) is 2.23. The molecule has 0 spiro atoms. The second-order valence-corrected chi connectivity index (χ2v) is 7.28. The van der Waals surface area contributed by atoms with Crippen molar-refractivity contribution >= 4 is 22.9 Å². The van der Waals surface area contributed by atoms with Crippen LogP contribution in [0.1, 0.15) is 4.88 Å². The minimum atomic E-state index is 0.00516. The maximum atomic E-state index is 12.3. The number of anilines is 1. The molecular weight excluding hydrogens is 338 g/mol. The number of thiophene rings is 1. The van der Waals surface area contributed by atoms with Crippen LogP contribution in [0.3, 0.4) is 0 Å². The van der Waals surface area contributed by atoms with Gasteiger partial charge in [-0.05, 0) is 23.6 Å². The quantitative estimate of drug-likeness (QED) is 0.887. The lowest BCUT2D eigenvalue weighted by molar-refractivity contribution is -0.117. The molecule has 1 fully saturated rings. The Bertz CT molecular complexity index is 727. The van der Waals surface area contributed by atoms with Gasteiger partial charge in [0.2, 0.25) is 12.7 Å². The number of piperazine rings is 1. The van der Waals surface area contributed by atoms with Gasteiger partial charge < -0.3 is 14.8 Å². The van der Waals surface area contributed by atoms with Crippen LogP contribution in [-0.2, 0) is 11.3 Å². The van der Waals surface area contributed by atoms with E-state index in [4.69, 9.17) is 9.47 Å². The molecule has 0 unspecified atom stereocenters. The van der Waals surface area contributed by atoms with Gasteiger partial charge in [-0.25, -0.2) is 0 Å². The SMILES string of the molecule is O=C(CN1CCN(Cc2cccs2)CC1)Nc1ccc2c(c1)OCO2. The van der Waals surface area contributed by atoms with Gasteiger partial charge in [0.1, 0.15) is 0 Å². The van der Waals surface area contributed by atoms with Crippen molar-refractivity contribution in [1.82, 2.24) is 9.80 Å². The number of amides is 1. The van der Waals surface area contributed by atoms with E-state index in [1.807, 2.05) is 12.1 Å². The lowest BCUT2D eigenvalue weighted by Gasteiger charge is -2.34. The van der Waals surface area contributed by atoms with Crippen LogP contribution in [0.2, 0.25) is 0 Å². The molecule has 0 atom stereocenters. The predicted molar refractivity (Wildman–Crippen MR) is 97.2 cm³/mol. The van der Waals surface area contributed by atoms with Crippen molar-refractivity contribution < 1.29 is 14.3 Å². The Morgan fingerprint density at radius 2 is 1.88 bits per heavy atom. The molecule has 2 aromatic rings. The van der Waals surface area contributed by atoms with E-state index >= 15 is 0 Å². The van der Waals surface area contributed by atoms with Crippen molar-refractivity contribution in [1.29, 1.82) is 0 Å². The first-order valence-electron chi connectivity index (χ1n) is 8.43. The fourth-order valence-electron chi connectivity index (χ4n) is 3.11. The Labute approximate surface area is 150 Å². The first-order valence-corrected chi connectivity index (χ1v) is 9.31. The molecule has 0 saturated carbocycles. The normalized spacial score (nSPS) is 17.6. The number of carbonyl (C=O) groups is 1. The fraction of sp³-hybridized carbons (Fsp3) is 0.389. The number of hydrogen-bond donors (Lipinski definition) is 1. The molecule has 25 heavy (non-hydrogen) atoms. The first kappa shape index (κ1) is 16.4. The first-order chi connectivity index (χ1) is 12.3. The summed E-state index contributed by atoms with van der Waals surface area (Å²) < 4.78 is 10.6. The highest BCUT2D eigenvalue weighted by molar-refractivity contribution is 7.09. The number of hydrogen-bond acceptors (Lipinski definition) is 6. The summed E-state index contributed by atoms with van der Waals surface area (Å²) >= 11 is 1.80. The molecule has 7 heteroatoms.